The maximum Gasteiger partial charge on any atom is -0.0274 e. The minimum atomic E-state index is 0.671. The Kier molecular flexibility index (Phi) is 2.85. The Morgan fingerprint density at radius 2 is 1.92 bits per heavy atom. The highest BCUT2D eigenvalue weighted by Gasteiger charge is 2.43. The first-order valence-corrected chi connectivity index (χ1v) is 5.47. The third-order valence-corrected chi connectivity index (χ3v) is 4.19. The lowest BCUT2D eigenvalue weighted by Crippen LogP contribution is -2.41. The summed E-state index contributed by atoms with van der Waals surface area (Å²) in [6.45, 7) is 12.0. The Morgan fingerprint density at radius 1 is 1.33 bits per heavy atom. The van der Waals surface area contributed by atoms with E-state index in [9.17, 15) is 0 Å². The Morgan fingerprint density at radius 3 is 2.17 bits per heavy atom. The lowest BCUT2D eigenvalue weighted by Gasteiger charge is -2.50. The molecule has 0 saturated heterocycles. The summed E-state index contributed by atoms with van der Waals surface area (Å²) < 4.78 is 0. The van der Waals surface area contributed by atoms with E-state index in [-0.39, 0.29) is 0 Å². The van der Waals surface area contributed by atoms with E-state index in [0.717, 1.165) is 17.8 Å². The molecule has 0 heteroatoms. The van der Waals surface area contributed by atoms with Gasteiger partial charge in [-0.05, 0) is 42.4 Å². The van der Waals surface area contributed by atoms with Gasteiger partial charge in [-0.3, -0.25) is 0 Å². The normalized spacial score (nSPS) is 38.0. The molecule has 1 aliphatic rings. The monoisotopic (exact) mass is 168 g/mol. The van der Waals surface area contributed by atoms with Crippen LogP contribution in [-0.2, 0) is 0 Å². The molecule has 0 spiro atoms. The van der Waals surface area contributed by atoms with Crippen molar-refractivity contribution in [1.82, 2.24) is 0 Å². The van der Waals surface area contributed by atoms with Gasteiger partial charge < -0.3 is 0 Å². The van der Waals surface area contributed by atoms with Crippen LogP contribution in [0.3, 0.4) is 0 Å². The molecule has 12 heavy (non-hydrogen) atoms. The molecular formula is C12H24. The summed E-state index contributed by atoms with van der Waals surface area (Å²) in [4.78, 5) is 0. The molecule has 3 unspecified atom stereocenters. The molecular weight excluding hydrogens is 144 g/mol. The van der Waals surface area contributed by atoms with Crippen LogP contribution in [0.25, 0.3) is 0 Å². The zero-order chi connectivity index (χ0) is 9.35. The van der Waals surface area contributed by atoms with Crippen LogP contribution in [0.15, 0.2) is 0 Å². The molecule has 0 nitrogen and oxygen atoms in total. The SMILES string of the molecule is CC(C)CC(C)C1(C)CCC1C. The molecule has 0 N–H and O–H groups in total. The maximum absolute atomic E-state index is 2.48. The molecule has 1 fully saturated rings. The second kappa shape index (κ2) is 3.40. The number of hydrogen-bond acceptors (Lipinski definition) is 0. The fraction of sp³-hybridized carbons (Fsp3) is 1.00. The van der Waals surface area contributed by atoms with Gasteiger partial charge in [-0.15, -0.1) is 0 Å². The zero-order valence-electron chi connectivity index (χ0n) is 9.35. The summed E-state index contributed by atoms with van der Waals surface area (Å²) in [5, 5.41) is 0. The summed E-state index contributed by atoms with van der Waals surface area (Å²) in [6, 6.07) is 0. The van der Waals surface area contributed by atoms with Gasteiger partial charge in [-0.2, -0.15) is 0 Å². The van der Waals surface area contributed by atoms with Gasteiger partial charge in [0.15, 0.2) is 0 Å². The van der Waals surface area contributed by atoms with Gasteiger partial charge in [0.2, 0.25) is 0 Å². The lowest BCUT2D eigenvalue weighted by atomic mass is 9.55. The van der Waals surface area contributed by atoms with Gasteiger partial charge in [-0.1, -0.05) is 34.6 Å². The third-order valence-electron chi connectivity index (χ3n) is 4.19. The summed E-state index contributed by atoms with van der Waals surface area (Å²) in [7, 11) is 0. The summed E-state index contributed by atoms with van der Waals surface area (Å²) in [5.74, 6) is 2.75. The molecule has 3 atom stereocenters. The van der Waals surface area contributed by atoms with E-state index in [0.29, 0.717) is 5.41 Å². The lowest BCUT2D eigenvalue weighted by molar-refractivity contribution is -0.00330. The molecule has 0 radical (unpaired) electrons. The molecule has 0 aliphatic heterocycles. The van der Waals surface area contributed by atoms with Gasteiger partial charge in [0.05, 0.1) is 0 Å². The maximum atomic E-state index is 2.48. The van der Waals surface area contributed by atoms with E-state index in [1.54, 1.807) is 0 Å². The highest BCUT2D eigenvalue weighted by molar-refractivity contribution is 4.93. The van der Waals surface area contributed by atoms with Crippen LogP contribution >= 0.6 is 0 Å². The van der Waals surface area contributed by atoms with Crippen molar-refractivity contribution in [3.63, 3.8) is 0 Å². The van der Waals surface area contributed by atoms with Crippen LogP contribution in [0.2, 0.25) is 0 Å². The average Bonchev–Trinajstić information content (AvgIpc) is 1.99. The van der Waals surface area contributed by atoms with Crippen LogP contribution < -0.4 is 0 Å². The van der Waals surface area contributed by atoms with Crippen molar-refractivity contribution >= 4 is 0 Å². The Labute approximate surface area is 77.7 Å². The van der Waals surface area contributed by atoms with Gasteiger partial charge in [0.25, 0.3) is 0 Å². The van der Waals surface area contributed by atoms with Crippen molar-refractivity contribution in [3.8, 4) is 0 Å². The smallest absolute Gasteiger partial charge is 0.0274 e. The summed E-state index contributed by atoms with van der Waals surface area (Å²) >= 11 is 0. The van der Waals surface area contributed by atoms with Crippen LogP contribution in [0, 0.1) is 23.2 Å². The Bertz CT molecular complexity index is 148. The molecule has 1 aliphatic carbocycles. The largest absolute Gasteiger partial charge is 0.0628 e. The van der Waals surface area contributed by atoms with Crippen molar-refractivity contribution < 1.29 is 0 Å². The molecule has 0 aromatic rings. The van der Waals surface area contributed by atoms with Gasteiger partial charge in [0.1, 0.15) is 0 Å². The van der Waals surface area contributed by atoms with Crippen molar-refractivity contribution in [2.45, 2.75) is 53.9 Å². The highest BCUT2D eigenvalue weighted by atomic mass is 14.5. The molecule has 0 heterocycles. The van der Waals surface area contributed by atoms with Crippen molar-refractivity contribution in [3.05, 3.63) is 0 Å². The van der Waals surface area contributed by atoms with E-state index in [1.165, 1.54) is 19.3 Å². The van der Waals surface area contributed by atoms with Crippen LogP contribution in [0.4, 0.5) is 0 Å². The van der Waals surface area contributed by atoms with Crippen molar-refractivity contribution in [1.29, 1.82) is 0 Å². The molecule has 0 aromatic heterocycles. The second-order valence-electron chi connectivity index (χ2n) is 5.48. The van der Waals surface area contributed by atoms with E-state index in [2.05, 4.69) is 34.6 Å². The van der Waals surface area contributed by atoms with Crippen LogP contribution in [-0.4, -0.2) is 0 Å². The predicted octanol–water partition coefficient (Wildman–Crippen LogP) is 4.10. The zero-order valence-corrected chi connectivity index (χ0v) is 9.35. The predicted molar refractivity (Wildman–Crippen MR) is 55.1 cm³/mol. The van der Waals surface area contributed by atoms with Crippen LogP contribution in [0.5, 0.6) is 0 Å². The van der Waals surface area contributed by atoms with E-state index >= 15 is 0 Å². The fourth-order valence-corrected chi connectivity index (χ4v) is 2.60. The minimum absolute atomic E-state index is 0.671. The molecule has 1 saturated carbocycles. The number of hydrogen-bond donors (Lipinski definition) is 0. The minimum Gasteiger partial charge on any atom is -0.0628 e. The Balaban J connectivity index is 2.45. The van der Waals surface area contributed by atoms with E-state index in [1.807, 2.05) is 0 Å². The average molecular weight is 168 g/mol. The molecule has 72 valence electrons. The molecule has 0 bridgehead atoms. The highest BCUT2D eigenvalue weighted by Crippen LogP contribution is 2.52. The standard InChI is InChI=1S/C12H24/c1-9(2)8-11(4)12(5)7-6-10(12)3/h9-11H,6-8H2,1-5H3. The first kappa shape index (κ1) is 10.1. The van der Waals surface area contributed by atoms with Gasteiger partial charge in [-0.25, -0.2) is 0 Å². The summed E-state index contributed by atoms with van der Waals surface area (Å²) in [5.41, 5.74) is 0.671. The van der Waals surface area contributed by atoms with E-state index < -0.39 is 0 Å². The first-order chi connectivity index (χ1) is 5.47. The quantitative estimate of drug-likeness (QED) is 0.595. The van der Waals surface area contributed by atoms with Crippen molar-refractivity contribution in [2.24, 2.45) is 23.2 Å². The second-order valence-corrected chi connectivity index (χ2v) is 5.48. The molecule has 0 aromatic carbocycles. The van der Waals surface area contributed by atoms with E-state index in [4.69, 9.17) is 0 Å². The number of rotatable bonds is 3. The topological polar surface area (TPSA) is 0 Å². The van der Waals surface area contributed by atoms with Crippen LogP contribution in [0.1, 0.15) is 53.9 Å². The van der Waals surface area contributed by atoms with Gasteiger partial charge in [0, 0.05) is 0 Å². The first-order valence-electron chi connectivity index (χ1n) is 5.47. The van der Waals surface area contributed by atoms with Gasteiger partial charge >= 0.3 is 0 Å². The molecule has 0 amide bonds. The fourth-order valence-electron chi connectivity index (χ4n) is 2.60. The Hall–Kier alpha value is 0. The molecule has 1 rings (SSSR count). The summed E-state index contributed by atoms with van der Waals surface area (Å²) in [6.07, 6.45) is 4.32. The third kappa shape index (κ3) is 1.67. The van der Waals surface area contributed by atoms with Crippen molar-refractivity contribution in [2.75, 3.05) is 0 Å².